The molecule has 0 aliphatic carbocycles. The van der Waals surface area contributed by atoms with Crippen LogP contribution in [0.15, 0.2) is 27.4 Å². The molecule has 0 saturated carbocycles. The van der Waals surface area contributed by atoms with Crippen LogP contribution in [0.5, 0.6) is 11.5 Å². The lowest BCUT2D eigenvalue weighted by molar-refractivity contribution is 0.112. The summed E-state index contributed by atoms with van der Waals surface area (Å²) in [5.41, 5.74) is 1.38. The van der Waals surface area contributed by atoms with Crippen molar-refractivity contribution in [2.75, 3.05) is 14.2 Å². The Morgan fingerprint density at radius 2 is 2.11 bits per heavy atom. The first-order valence-electron chi connectivity index (χ1n) is 5.04. The predicted octanol–water partition coefficient (Wildman–Crippen LogP) is 2.93. The first kappa shape index (κ1) is 12.6. The molecule has 1 aromatic carbocycles. The number of rotatable bonds is 4. The van der Waals surface area contributed by atoms with Crippen LogP contribution in [0.4, 0.5) is 0 Å². The second-order valence-corrected chi connectivity index (χ2v) is 4.12. The number of methoxy groups -OCH3 is 2. The molecule has 0 N–H and O–H groups in total. The zero-order chi connectivity index (χ0) is 13.1. The van der Waals surface area contributed by atoms with E-state index in [4.69, 9.17) is 14.0 Å². The van der Waals surface area contributed by atoms with E-state index in [9.17, 15) is 4.79 Å². The molecule has 0 aliphatic rings. The van der Waals surface area contributed by atoms with Crippen molar-refractivity contribution in [2.24, 2.45) is 0 Å². The number of hydrogen-bond donors (Lipinski definition) is 0. The summed E-state index contributed by atoms with van der Waals surface area (Å²) in [6.45, 7) is 0. The molecule has 18 heavy (non-hydrogen) atoms. The maximum atomic E-state index is 11.0. The zero-order valence-electron chi connectivity index (χ0n) is 9.77. The van der Waals surface area contributed by atoms with Crippen molar-refractivity contribution in [1.29, 1.82) is 0 Å². The maximum Gasteiger partial charge on any atom is 0.213 e. The minimum atomic E-state index is 0.289. The first-order valence-corrected chi connectivity index (χ1v) is 5.83. The molecule has 0 atom stereocenters. The summed E-state index contributed by atoms with van der Waals surface area (Å²) in [5.74, 6) is 1.22. The maximum absolute atomic E-state index is 11.0. The molecule has 6 heteroatoms. The van der Waals surface area contributed by atoms with E-state index in [-0.39, 0.29) is 4.67 Å². The average molecular weight is 312 g/mol. The first-order chi connectivity index (χ1) is 8.71. The highest BCUT2D eigenvalue weighted by atomic mass is 79.9. The fourth-order valence-corrected chi connectivity index (χ4v) is 1.93. The minimum absolute atomic E-state index is 0.289. The Morgan fingerprint density at radius 3 is 2.72 bits per heavy atom. The standard InChI is InChI=1S/C12H10BrNO4/c1-16-7-3-4-10(17-2)8(5-7)11-9(6-15)12(13)18-14-11/h3-6H,1-2H3. The van der Waals surface area contributed by atoms with Crippen molar-refractivity contribution in [3.8, 4) is 22.8 Å². The number of ether oxygens (including phenoxy) is 2. The lowest BCUT2D eigenvalue weighted by atomic mass is 10.1. The number of nitrogens with zero attached hydrogens (tertiary/aromatic N) is 1. The summed E-state index contributed by atoms with van der Waals surface area (Å²) in [5, 5.41) is 3.85. The van der Waals surface area contributed by atoms with E-state index in [1.54, 1.807) is 32.4 Å². The van der Waals surface area contributed by atoms with Crippen LogP contribution in [0.3, 0.4) is 0 Å². The highest BCUT2D eigenvalue weighted by Gasteiger charge is 2.19. The molecule has 2 rings (SSSR count). The van der Waals surface area contributed by atoms with Crippen LogP contribution in [-0.4, -0.2) is 25.7 Å². The molecule has 1 heterocycles. The van der Waals surface area contributed by atoms with E-state index < -0.39 is 0 Å². The summed E-state index contributed by atoms with van der Waals surface area (Å²) >= 11 is 3.12. The van der Waals surface area contributed by atoms with Crippen molar-refractivity contribution < 1.29 is 18.8 Å². The van der Waals surface area contributed by atoms with Gasteiger partial charge in [-0.1, -0.05) is 5.16 Å². The van der Waals surface area contributed by atoms with Gasteiger partial charge in [-0.3, -0.25) is 4.79 Å². The highest BCUT2D eigenvalue weighted by Crippen LogP contribution is 2.36. The van der Waals surface area contributed by atoms with Gasteiger partial charge in [-0.05, 0) is 34.1 Å². The second-order valence-electron chi connectivity index (χ2n) is 3.40. The van der Waals surface area contributed by atoms with Gasteiger partial charge in [-0.15, -0.1) is 0 Å². The topological polar surface area (TPSA) is 61.6 Å². The van der Waals surface area contributed by atoms with Crippen LogP contribution >= 0.6 is 15.9 Å². The number of aldehydes is 1. The van der Waals surface area contributed by atoms with Gasteiger partial charge in [-0.2, -0.15) is 0 Å². The monoisotopic (exact) mass is 311 g/mol. The normalized spacial score (nSPS) is 10.2. The van der Waals surface area contributed by atoms with E-state index >= 15 is 0 Å². The molecule has 5 nitrogen and oxygen atoms in total. The van der Waals surface area contributed by atoms with E-state index in [0.717, 1.165) is 0 Å². The number of aromatic nitrogens is 1. The zero-order valence-corrected chi connectivity index (χ0v) is 11.4. The molecule has 0 amide bonds. The molecule has 0 unspecified atom stereocenters. The van der Waals surface area contributed by atoms with Gasteiger partial charge in [-0.25, -0.2) is 0 Å². The van der Waals surface area contributed by atoms with E-state index in [0.29, 0.717) is 34.6 Å². The lowest BCUT2D eigenvalue weighted by Gasteiger charge is -2.08. The Morgan fingerprint density at radius 1 is 1.33 bits per heavy atom. The molecule has 2 aromatic rings. The van der Waals surface area contributed by atoms with Gasteiger partial charge < -0.3 is 14.0 Å². The fourth-order valence-electron chi connectivity index (χ4n) is 1.57. The van der Waals surface area contributed by atoms with Crippen molar-refractivity contribution in [2.45, 2.75) is 0 Å². The Bertz CT molecular complexity index is 579. The van der Waals surface area contributed by atoms with Gasteiger partial charge in [0.25, 0.3) is 0 Å². The summed E-state index contributed by atoms with van der Waals surface area (Å²) in [6.07, 6.45) is 0.675. The molecule has 0 aliphatic heterocycles. The van der Waals surface area contributed by atoms with Crippen LogP contribution in [0.1, 0.15) is 10.4 Å². The molecule has 94 valence electrons. The van der Waals surface area contributed by atoms with Crippen molar-refractivity contribution in [3.05, 3.63) is 28.4 Å². The number of carbonyl (C=O) groups is 1. The van der Waals surface area contributed by atoms with Crippen LogP contribution in [0.2, 0.25) is 0 Å². The Kier molecular flexibility index (Phi) is 3.66. The van der Waals surface area contributed by atoms with E-state index in [1.807, 2.05) is 0 Å². The lowest BCUT2D eigenvalue weighted by Crippen LogP contribution is -1.92. The Hall–Kier alpha value is -1.82. The smallest absolute Gasteiger partial charge is 0.213 e. The quantitative estimate of drug-likeness (QED) is 0.812. The number of benzene rings is 1. The van der Waals surface area contributed by atoms with Gasteiger partial charge in [0.15, 0.2) is 6.29 Å². The SMILES string of the molecule is COc1ccc(OC)c(-c2noc(Br)c2C=O)c1. The van der Waals surface area contributed by atoms with Crippen molar-refractivity contribution in [1.82, 2.24) is 5.16 Å². The van der Waals surface area contributed by atoms with Crippen LogP contribution in [0.25, 0.3) is 11.3 Å². The third-order valence-electron chi connectivity index (χ3n) is 2.46. The molecule has 0 bridgehead atoms. The van der Waals surface area contributed by atoms with Gasteiger partial charge in [0.05, 0.1) is 25.3 Å². The van der Waals surface area contributed by atoms with E-state index in [2.05, 4.69) is 21.1 Å². The van der Waals surface area contributed by atoms with Crippen LogP contribution in [0, 0.1) is 0 Å². The van der Waals surface area contributed by atoms with E-state index in [1.165, 1.54) is 0 Å². The summed E-state index contributed by atoms with van der Waals surface area (Å²) < 4.78 is 15.6. The fraction of sp³-hybridized carbons (Fsp3) is 0.167. The largest absolute Gasteiger partial charge is 0.497 e. The molecule has 0 saturated heterocycles. The Labute approximate surface area is 112 Å². The number of halogens is 1. The molecule has 0 radical (unpaired) electrons. The van der Waals surface area contributed by atoms with Crippen molar-refractivity contribution in [3.63, 3.8) is 0 Å². The molecular weight excluding hydrogens is 302 g/mol. The van der Waals surface area contributed by atoms with Gasteiger partial charge in [0, 0.05) is 0 Å². The van der Waals surface area contributed by atoms with Crippen LogP contribution < -0.4 is 9.47 Å². The second kappa shape index (κ2) is 5.22. The van der Waals surface area contributed by atoms with Gasteiger partial charge >= 0.3 is 0 Å². The average Bonchev–Trinajstić information content (AvgIpc) is 2.78. The summed E-state index contributed by atoms with van der Waals surface area (Å²) in [4.78, 5) is 11.0. The van der Waals surface area contributed by atoms with Gasteiger partial charge in [0.2, 0.25) is 4.67 Å². The predicted molar refractivity (Wildman–Crippen MR) is 68.1 cm³/mol. The third-order valence-corrected chi connectivity index (χ3v) is 3.04. The minimum Gasteiger partial charge on any atom is -0.497 e. The third kappa shape index (κ3) is 2.11. The summed E-state index contributed by atoms with van der Waals surface area (Å²) in [6, 6.07) is 5.24. The van der Waals surface area contributed by atoms with Crippen LogP contribution in [-0.2, 0) is 0 Å². The molecule has 0 spiro atoms. The molecular formula is C12H10BrNO4. The van der Waals surface area contributed by atoms with Gasteiger partial charge in [0.1, 0.15) is 17.2 Å². The molecule has 0 fully saturated rings. The molecule has 1 aromatic heterocycles. The highest BCUT2D eigenvalue weighted by molar-refractivity contribution is 9.10. The number of hydrogen-bond acceptors (Lipinski definition) is 5. The van der Waals surface area contributed by atoms with Crippen molar-refractivity contribution >= 4 is 22.2 Å². The summed E-state index contributed by atoms with van der Waals surface area (Å²) in [7, 11) is 3.10. The Balaban J connectivity index is 2.64. The number of carbonyl (C=O) groups excluding carboxylic acids is 1.